The summed E-state index contributed by atoms with van der Waals surface area (Å²) >= 11 is 0. The molecule has 0 spiro atoms. The molecule has 2 saturated carbocycles. The number of para-hydroxylation sites is 1. The van der Waals surface area contributed by atoms with Crippen LogP contribution in [0.2, 0.25) is 0 Å². The van der Waals surface area contributed by atoms with Crippen LogP contribution in [0.15, 0.2) is 24.3 Å². The quantitative estimate of drug-likeness (QED) is 0.873. The largest absolute Gasteiger partial charge is 0.496 e. The standard InChI is InChI=1S/C17H25NO/c1-16(2)10-17(11-16,12-18-13-8-9-13)14-6-4-5-7-15(14)19-3/h4-7,13,18H,8-12H2,1-3H3. The summed E-state index contributed by atoms with van der Waals surface area (Å²) in [6.45, 7) is 5.84. The maximum atomic E-state index is 5.59. The van der Waals surface area contributed by atoms with Gasteiger partial charge in [-0.15, -0.1) is 0 Å². The van der Waals surface area contributed by atoms with Crippen LogP contribution in [0.25, 0.3) is 0 Å². The van der Waals surface area contributed by atoms with Crippen LogP contribution in [0.4, 0.5) is 0 Å². The Kier molecular flexibility index (Phi) is 3.09. The Hall–Kier alpha value is -1.02. The van der Waals surface area contributed by atoms with Gasteiger partial charge in [0.05, 0.1) is 7.11 Å². The second-order valence-corrected chi connectivity index (χ2v) is 7.15. The van der Waals surface area contributed by atoms with E-state index in [1.807, 2.05) is 0 Å². The molecule has 0 amide bonds. The molecule has 0 radical (unpaired) electrons. The zero-order valence-electron chi connectivity index (χ0n) is 12.3. The van der Waals surface area contributed by atoms with E-state index in [9.17, 15) is 0 Å². The fourth-order valence-electron chi connectivity index (χ4n) is 3.90. The lowest BCUT2D eigenvalue weighted by molar-refractivity contribution is 0.0541. The molecule has 2 aliphatic carbocycles. The highest BCUT2D eigenvalue weighted by atomic mass is 16.5. The third kappa shape index (κ3) is 2.51. The second-order valence-electron chi connectivity index (χ2n) is 7.15. The van der Waals surface area contributed by atoms with E-state index in [4.69, 9.17) is 4.74 Å². The minimum atomic E-state index is 0.276. The molecule has 0 aromatic heterocycles. The van der Waals surface area contributed by atoms with Gasteiger partial charge in [-0.25, -0.2) is 0 Å². The summed E-state index contributed by atoms with van der Waals surface area (Å²) in [6.07, 6.45) is 5.21. The molecule has 0 heterocycles. The van der Waals surface area contributed by atoms with Crippen LogP contribution >= 0.6 is 0 Å². The number of ether oxygens (including phenoxy) is 1. The molecule has 104 valence electrons. The van der Waals surface area contributed by atoms with E-state index in [2.05, 4.69) is 43.4 Å². The first kappa shape index (κ1) is 13.0. The van der Waals surface area contributed by atoms with E-state index in [0.717, 1.165) is 18.3 Å². The van der Waals surface area contributed by atoms with Crippen molar-refractivity contribution in [3.05, 3.63) is 29.8 Å². The van der Waals surface area contributed by atoms with Gasteiger partial charge in [0.2, 0.25) is 0 Å². The first-order chi connectivity index (χ1) is 9.05. The molecule has 2 nitrogen and oxygen atoms in total. The van der Waals surface area contributed by atoms with Gasteiger partial charge < -0.3 is 10.1 Å². The molecule has 2 aliphatic rings. The molecule has 0 bridgehead atoms. The van der Waals surface area contributed by atoms with Gasteiger partial charge in [-0.3, -0.25) is 0 Å². The molecule has 0 atom stereocenters. The predicted octanol–water partition coefficient (Wildman–Crippen LogP) is 3.51. The first-order valence-corrected chi connectivity index (χ1v) is 7.42. The van der Waals surface area contributed by atoms with Gasteiger partial charge >= 0.3 is 0 Å². The number of hydrogen-bond acceptors (Lipinski definition) is 2. The number of rotatable bonds is 5. The van der Waals surface area contributed by atoms with Crippen molar-refractivity contribution in [2.45, 2.75) is 51.0 Å². The van der Waals surface area contributed by atoms with Crippen molar-refractivity contribution in [3.8, 4) is 5.75 Å². The summed E-state index contributed by atoms with van der Waals surface area (Å²) < 4.78 is 5.59. The Morgan fingerprint density at radius 3 is 2.47 bits per heavy atom. The third-order valence-electron chi connectivity index (χ3n) is 4.62. The van der Waals surface area contributed by atoms with Gasteiger partial charge in [-0.05, 0) is 37.2 Å². The van der Waals surface area contributed by atoms with Crippen LogP contribution in [0, 0.1) is 5.41 Å². The number of methoxy groups -OCH3 is 1. The van der Waals surface area contributed by atoms with Gasteiger partial charge in [0, 0.05) is 23.6 Å². The second kappa shape index (κ2) is 4.52. The molecule has 2 fully saturated rings. The van der Waals surface area contributed by atoms with Gasteiger partial charge in [0.1, 0.15) is 5.75 Å². The van der Waals surface area contributed by atoms with Crippen molar-refractivity contribution >= 4 is 0 Å². The van der Waals surface area contributed by atoms with Gasteiger partial charge in [0.15, 0.2) is 0 Å². The molecule has 0 aliphatic heterocycles. The van der Waals surface area contributed by atoms with Crippen molar-refractivity contribution in [2.75, 3.05) is 13.7 Å². The van der Waals surface area contributed by atoms with E-state index in [-0.39, 0.29) is 5.41 Å². The van der Waals surface area contributed by atoms with E-state index in [1.165, 1.54) is 31.2 Å². The molecule has 1 aromatic carbocycles. The third-order valence-corrected chi connectivity index (χ3v) is 4.62. The summed E-state index contributed by atoms with van der Waals surface area (Å²) in [7, 11) is 1.78. The van der Waals surface area contributed by atoms with Crippen LogP contribution in [-0.2, 0) is 5.41 Å². The molecule has 19 heavy (non-hydrogen) atoms. The maximum Gasteiger partial charge on any atom is 0.122 e. The number of benzene rings is 1. The van der Waals surface area contributed by atoms with Crippen molar-refractivity contribution in [1.29, 1.82) is 0 Å². The van der Waals surface area contributed by atoms with Crippen LogP contribution in [0.5, 0.6) is 5.75 Å². The van der Waals surface area contributed by atoms with Crippen LogP contribution in [0.3, 0.4) is 0 Å². The summed E-state index contributed by atoms with van der Waals surface area (Å²) in [6, 6.07) is 9.33. The molecule has 2 heteroatoms. The van der Waals surface area contributed by atoms with Crippen LogP contribution in [0.1, 0.15) is 45.1 Å². The van der Waals surface area contributed by atoms with Crippen molar-refractivity contribution in [1.82, 2.24) is 5.32 Å². The lowest BCUT2D eigenvalue weighted by Crippen LogP contribution is -2.53. The predicted molar refractivity (Wildman–Crippen MR) is 78.7 cm³/mol. The Balaban J connectivity index is 1.85. The van der Waals surface area contributed by atoms with E-state index >= 15 is 0 Å². The van der Waals surface area contributed by atoms with E-state index in [1.54, 1.807) is 7.11 Å². The fourth-order valence-corrected chi connectivity index (χ4v) is 3.90. The number of nitrogens with one attached hydrogen (secondary N) is 1. The molecule has 1 N–H and O–H groups in total. The zero-order valence-corrected chi connectivity index (χ0v) is 12.3. The lowest BCUT2D eigenvalue weighted by atomic mass is 9.51. The van der Waals surface area contributed by atoms with Crippen LogP contribution < -0.4 is 10.1 Å². The topological polar surface area (TPSA) is 21.3 Å². The Bertz CT molecular complexity index is 454. The summed E-state index contributed by atoms with van der Waals surface area (Å²) in [5, 5.41) is 3.73. The summed E-state index contributed by atoms with van der Waals surface area (Å²) in [5.74, 6) is 1.05. The highest BCUT2D eigenvalue weighted by Gasteiger charge is 2.51. The van der Waals surface area contributed by atoms with Crippen LogP contribution in [-0.4, -0.2) is 19.7 Å². The fraction of sp³-hybridized carbons (Fsp3) is 0.647. The van der Waals surface area contributed by atoms with Crippen molar-refractivity contribution in [3.63, 3.8) is 0 Å². The molecule has 0 unspecified atom stereocenters. The highest BCUT2D eigenvalue weighted by molar-refractivity contribution is 5.42. The minimum absolute atomic E-state index is 0.276. The van der Waals surface area contributed by atoms with Crippen molar-refractivity contribution in [2.24, 2.45) is 5.41 Å². The molecule has 1 aromatic rings. The Morgan fingerprint density at radius 2 is 1.89 bits per heavy atom. The normalized spacial score (nSPS) is 23.7. The summed E-state index contributed by atoms with van der Waals surface area (Å²) in [4.78, 5) is 0. The zero-order chi connectivity index (χ0) is 13.5. The van der Waals surface area contributed by atoms with Gasteiger partial charge in [-0.2, -0.15) is 0 Å². The molecule has 3 rings (SSSR count). The molecular weight excluding hydrogens is 234 g/mol. The Morgan fingerprint density at radius 1 is 1.21 bits per heavy atom. The van der Waals surface area contributed by atoms with Crippen molar-refractivity contribution < 1.29 is 4.74 Å². The van der Waals surface area contributed by atoms with Gasteiger partial charge in [0.25, 0.3) is 0 Å². The first-order valence-electron chi connectivity index (χ1n) is 7.42. The highest BCUT2D eigenvalue weighted by Crippen LogP contribution is 2.56. The molecular formula is C17H25NO. The lowest BCUT2D eigenvalue weighted by Gasteiger charge is -2.54. The van der Waals surface area contributed by atoms with E-state index < -0.39 is 0 Å². The monoisotopic (exact) mass is 259 g/mol. The summed E-state index contributed by atoms with van der Waals surface area (Å²) in [5.41, 5.74) is 2.13. The smallest absolute Gasteiger partial charge is 0.122 e. The van der Waals surface area contributed by atoms with E-state index in [0.29, 0.717) is 5.41 Å². The molecule has 0 saturated heterocycles. The minimum Gasteiger partial charge on any atom is -0.496 e. The maximum absolute atomic E-state index is 5.59. The average molecular weight is 259 g/mol. The SMILES string of the molecule is COc1ccccc1C1(CNC2CC2)CC(C)(C)C1. The number of hydrogen-bond donors (Lipinski definition) is 1. The average Bonchev–Trinajstić information content (AvgIpc) is 3.17. The van der Waals surface area contributed by atoms with Gasteiger partial charge in [-0.1, -0.05) is 32.0 Å². The Labute approximate surface area is 116 Å².